The van der Waals surface area contributed by atoms with Gasteiger partial charge in [0, 0.05) is 6.07 Å². The molecule has 0 spiro atoms. The highest BCUT2D eigenvalue weighted by Crippen LogP contribution is 2.45. The van der Waals surface area contributed by atoms with E-state index in [0.29, 0.717) is 18.2 Å². The van der Waals surface area contributed by atoms with E-state index in [-0.39, 0.29) is 0 Å². The first kappa shape index (κ1) is 21.0. The summed E-state index contributed by atoms with van der Waals surface area (Å²) in [6, 6.07) is 3.03. The Bertz CT molecular complexity index is 1050. The van der Waals surface area contributed by atoms with Crippen molar-refractivity contribution in [3.63, 3.8) is 0 Å². The molecule has 1 unspecified atom stereocenters. The first-order chi connectivity index (χ1) is 13.5. The van der Waals surface area contributed by atoms with Crippen LogP contribution in [0.4, 0.5) is 28.4 Å². The van der Waals surface area contributed by atoms with Gasteiger partial charge in [0.2, 0.25) is 0 Å². The Morgan fingerprint density at radius 1 is 0.621 bits per heavy atom. The molecule has 0 aromatic heterocycles. The standard InChI is InChI=1S/C13H6ClN5O10/c14-13(8-2-1-6(15(20)21)3-9(8)17(24)25)12-10(18(26)27)4-7(16(22)23)5-11(12)19(28)29/h1-5,13H. The molecule has 0 saturated heterocycles. The third-order valence-electron chi connectivity index (χ3n) is 3.67. The molecular weight excluding hydrogens is 422 g/mol. The van der Waals surface area contributed by atoms with Crippen molar-refractivity contribution in [3.05, 3.63) is 92.0 Å². The van der Waals surface area contributed by atoms with Crippen LogP contribution in [-0.4, -0.2) is 24.6 Å². The summed E-state index contributed by atoms with van der Waals surface area (Å²) in [5.41, 5.74) is -6.14. The Kier molecular flexibility index (Phi) is 5.63. The number of non-ortho nitro benzene ring substituents is 2. The highest BCUT2D eigenvalue weighted by molar-refractivity contribution is 6.23. The maximum atomic E-state index is 11.3. The predicted octanol–water partition coefficient (Wildman–Crippen LogP) is 3.56. The van der Waals surface area contributed by atoms with Crippen molar-refractivity contribution in [1.29, 1.82) is 0 Å². The molecule has 2 aromatic rings. The lowest BCUT2D eigenvalue weighted by molar-refractivity contribution is -0.404. The molecule has 0 bridgehead atoms. The molecule has 0 saturated carbocycles. The monoisotopic (exact) mass is 427 g/mol. The van der Waals surface area contributed by atoms with Crippen molar-refractivity contribution in [2.24, 2.45) is 0 Å². The minimum atomic E-state index is -1.89. The van der Waals surface area contributed by atoms with Crippen LogP contribution in [0, 0.1) is 50.6 Å². The van der Waals surface area contributed by atoms with Gasteiger partial charge in [0.25, 0.3) is 28.4 Å². The lowest BCUT2D eigenvalue weighted by Crippen LogP contribution is -2.08. The van der Waals surface area contributed by atoms with E-state index in [0.717, 1.165) is 12.1 Å². The van der Waals surface area contributed by atoms with Gasteiger partial charge < -0.3 is 0 Å². The topological polar surface area (TPSA) is 216 Å². The van der Waals surface area contributed by atoms with Crippen molar-refractivity contribution < 1.29 is 24.6 Å². The molecule has 1 atom stereocenters. The molecular formula is C13H6ClN5O10. The third kappa shape index (κ3) is 4.03. The maximum Gasteiger partial charge on any atom is 0.288 e. The zero-order valence-corrected chi connectivity index (χ0v) is 14.4. The molecule has 0 aliphatic heterocycles. The molecule has 0 radical (unpaired) electrons. The molecule has 2 rings (SSSR count). The molecule has 15 nitrogen and oxygen atoms in total. The van der Waals surface area contributed by atoms with Crippen molar-refractivity contribution in [2.75, 3.05) is 0 Å². The number of benzene rings is 2. The van der Waals surface area contributed by atoms with E-state index in [4.69, 9.17) is 11.6 Å². The van der Waals surface area contributed by atoms with Crippen LogP contribution in [0.25, 0.3) is 0 Å². The van der Waals surface area contributed by atoms with Crippen LogP contribution in [0.15, 0.2) is 30.3 Å². The van der Waals surface area contributed by atoms with Gasteiger partial charge in [0.05, 0.1) is 48.4 Å². The number of nitrogens with zero attached hydrogens (tertiary/aromatic N) is 5. The molecule has 0 amide bonds. The zero-order chi connectivity index (χ0) is 22.0. The van der Waals surface area contributed by atoms with Crippen molar-refractivity contribution in [3.8, 4) is 0 Å². The third-order valence-corrected chi connectivity index (χ3v) is 4.13. The quantitative estimate of drug-likeness (QED) is 0.355. The summed E-state index contributed by atoms with van der Waals surface area (Å²) in [6.07, 6.45) is 0. The molecule has 0 aliphatic rings. The number of hydrogen-bond donors (Lipinski definition) is 0. The summed E-state index contributed by atoms with van der Waals surface area (Å²) >= 11 is 6.09. The van der Waals surface area contributed by atoms with Gasteiger partial charge in [0.1, 0.15) is 10.9 Å². The summed E-state index contributed by atoms with van der Waals surface area (Å²) in [7, 11) is 0. The Morgan fingerprint density at radius 2 is 1.03 bits per heavy atom. The van der Waals surface area contributed by atoms with E-state index in [9.17, 15) is 50.6 Å². The lowest BCUT2D eigenvalue weighted by Gasteiger charge is -2.11. The molecule has 16 heteroatoms. The van der Waals surface area contributed by atoms with Crippen molar-refractivity contribution >= 4 is 40.0 Å². The number of hydrogen-bond acceptors (Lipinski definition) is 10. The van der Waals surface area contributed by atoms with E-state index in [1.807, 2.05) is 0 Å². The van der Waals surface area contributed by atoms with Gasteiger partial charge >= 0.3 is 0 Å². The summed E-state index contributed by atoms with van der Waals surface area (Å²) < 4.78 is 0. The fourth-order valence-electron chi connectivity index (χ4n) is 2.45. The van der Waals surface area contributed by atoms with Gasteiger partial charge in [-0.05, 0) is 6.07 Å². The summed E-state index contributed by atoms with van der Waals surface area (Å²) in [5.74, 6) is 0. The summed E-state index contributed by atoms with van der Waals surface area (Å²) in [4.78, 5) is 50.3. The smallest absolute Gasteiger partial charge is 0.258 e. The molecule has 0 aliphatic carbocycles. The molecule has 0 heterocycles. The zero-order valence-electron chi connectivity index (χ0n) is 13.7. The molecule has 2 aromatic carbocycles. The lowest BCUT2D eigenvalue weighted by atomic mass is 9.98. The van der Waals surface area contributed by atoms with Crippen LogP contribution in [0.3, 0.4) is 0 Å². The second-order valence-electron chi connectivity index (χ2n) is 5.29. The van der Waals surface area contributed by atoms with Gasteiger partial charge in [-0.2, -0.15) is 0 Å². The SMILES string of the molecule is O=[N+]([O-])c1ccc(C(Cl)c2c([N+](=O)[O-])cc([N+](=O)[O-])cc2[N+](=O)[O-])c([N+](=O)[O-])c1. The molecule has 0 fully saturated rings. The number of nitro benzene ring substituents is 5. The van der Waals surface area contributed by atoms with Gasteiger partial charge in [-0.1, -0.05) is 0 Å². The van der Waals surface area contributed by atoms with E-state index < -0.39 is 69.6 Å². The Labute approximate surface area is 162 Å². The average molecular weight is 428 g/mol. The fraction of sp³-hybridized carbons (Fsp3) is 0.0769. The highest BCUT2D eigenvalue weighted by atomic mass is 35.5. The van der Waals surface area contributed by atoms with Crippen LogP contribution in [0.2, 0.25) is 0 Å². The van der Waals surface area contributed by atoms with Crippen LogP contribution >= 0.6 is 11.6 Å². The van der Waals surface area contributed by atoms with Crippen molar-refractivity contribution in [2.45, 2.75) is 5.38 Å². The van der Waals surface area contributed by atoms with E-state index in [2.05, 4.69) is 0 Å². The van der Waals surface area contributed by atoms with Gasteiger partial charge in [0.15, 0.2) is 0 Å². The normalized spacial score (nSPS) is 11.5. The van der Waals surface area contributed by atoms with Crippen LogP contribution in [-0.2, 0) is 0 Å². The number of rotatable bonds is 7. The van der Waals surface area contributed by atoms with Gasteiger partial charge in [-0.15, -0.1) is 11.6 Å². The number of halogens is 1. The Balaban J connectivity index is 2.85. The first-order valence-electron chi connectivity index (χ1n) is 7.13. The average Bonchev–Trinajstić information content (AvgIpc) is 2.65. The van der Waals surface area contributed by atoms with E-state index in [1.54, 1.807) is 0 Å². The van der Waals surface area contributed by atoms with E-state index >= 15 is 0 Å². The second-order valence-corrected chi connectivity index (χ2v) is 5.73. The van der Waals surface area contributed by atoms with E-state index in [1.165, 1.54) is 0 Å². The predicted molar refractivity (Wildman–Crippen MR) is 93.9 cm³/mol. The summed E-state index contributed by atoms with van der Waals surface area (Å²) in [6.45, 7) is 0. The highest BCUT2D eigenvalue weighted by Gasteiger charge is 2.38. The van der Waals surface area contributed by atoms with Crippen molar-refractivity contribution in [1.82, 2.24) is 0 Å². The minimum absolute atomic E-state index is 0.426. The summed E-state index contributed by atoms with van der Waals surface area (Å²) in [5, 5.41) is 53.8. The molecule has 0 N–H and O–H groups in total. The van der Waals surface area contributed by atoms with Crippen LogP contribution in [0.1, 0.15) is 16.5 Å². The molecule has 150 valence electrons. The molecule has 29 heavy (non-hydrogen) atoms. The maximum absolute atomic E-state index is 11.3. The van der Waals surface area contributed by atoms with Gasteiger partial charge in [-0.25, -0.2) is 0 Å². The first-order valence-corrected chi connectivity index (χ1v) is 7.57. The van der Waals surface area contributed by atoms with Crippen LogP contribution < -0.4 is 0 Å². The number of nitro groups is 5. The minimum Gasteiger partial charge on any atom is -0.258 e. The second kappa shape index (κ2) is 7.77. The largest absolute Gasteiger partial charge is 0.288 e. The number of alkyl halides is 1. The Morgan fingerprint density at radius 3 is 1.41 bits per heavy atom. The van der Waals surface area contributed by atoms with Gasteiger partial charge in [-0.3, -0.25) is 50.6 Å². The Hall–Kier alpha value is -4.27. The fourth-order valence-corrected chi connectivity index (χ4v) is 2.86. The van der Waals surface area contributed by atoms with Crippen LogP contribution in [0.5, 0.6) is 0 Å².